The number of thiazole rings is 1. The van der Waals surface area contributed by atoms with E-state index in [0.717, 1.165) is 21.3 Å². The van der Waals surface area contributed by atoms with Crippen molar-refractivity contribution >= 4 is 38.3 Å². The molecule has 0 unspecified atom stereocenters. The second-order valence-corrected chi connectivity index (χ2v) is 6.80. The number of phenols is 1. The summed E-state index contributed by atoms with van der Waals surface area (Å²) in [5, 5.41) is 14.9. The minimum atomic E-state index is -0.394. The summed E-state index contributed by atoms with van der Waals surface area (Å²) in [6.07, 6.45) is 0. The second kappa shape index (κ2) is 6.52. The number of aryl methyl sites for hydroxylation is 1. The van der Waals surface area contributed by atoms with Gasteiger partial charge in [-0.1, -0.05) is 39.7 Å². The molecule has 0 saturated heterocycles. The van der Waals surface area contributed by atoms with Crippen LogP contribution in [0.1, 0.15) is 15.9 Å². The normalized spacial score (nSPS) is 10.5. The Bertz CT molecular complexity index is 877. The number of phenolic OH excluding ortho intramolecular Hbond substituents is 1. The van der Waals surface area contributed by atoms with E-state index < -0.39 is 5.91 Å². The molecule has 0 aliphatic carbocycles. The Morgan fingerprint density at radius 3 is 2.87 bits per heavy atom. The van der Waals surface area contributed by atoms with E-state index in [9.17, 15) is 9.90 Å². The molecule has 3 aromatic rings. The number of anilines is 1. The van der Waals surface area contributed by atoms with Crippen LogP contribution in [0.2, 0.25) is 0 Å². The molecule has 0 radical (unpaired) electrons. The molecule has 1 amide bonds. The van der Waals surface area contributed by atoms with E-state index in [0.29, 0.717) is 5.13 Å². The lowest BCUT2D eigenvalue weighted by Crippen LogP contribution is -2.11. The highest BCUT2D eigenvalue weighted by atomic mass is 79.9. The van der Waals surface area contributed by atoms with E-state index in [1.54, 1.807) is 12.1 Å². The SMILES string of the molecule is Cc1cccc(-c2csc(NC(=O)c3cc(Br)ccc3O)n2)c1. The highest BCUT2D eigenvalue weighted by Crippen LogP contribution is 2.27. The number of amides is 1. The summed E-state index contributed by atoms with van der Waals surface area (Å²) in [5.41, 5.74) is 3.17. The van der Waals surface area contributed by atoms with Crippen molar-refractivity contribution in [2.24, 2.45) is 0 Å². The third-order valence-corrected chi connectivity index (χ3v) is 4.49. The minimum Gasteiger partial charge on any atom is -0.507 e. The number of nitrogens with zero attached hydrogens (tertiary/aromatic N) is 1. The van der Waals surface area contributed by atoms with Gasteiger partial charge < -0.3 is 5.11 Å². The van der Waals surface area contributed by atoms with Crippen LogP contribution in [0.4, 0.5) is 5.13 Å². The fourth-order valence-electron chi connectivity index (χ4n) is 2.12. The Morgan fingerprint density at radius 1 is 1.26 bits per heavy atom. The van der Waals surface area contributed by atoms with Crippen LogP contribution >= 0.6 is 27.3 Å². The summed E-state index contributed by atoms with van der Waals surface area (Å²) in [5.74, 6) is -0.463. The molecule has 3 rings (SSSR count). The average molecular weight is 389 g/mol. The van der Waals surface area contributed by atoms with Crippen molar-refractivity contribution in [3.63, 3.8) is 0 Å². The van der Waals surface area contributed by atoms with E-state index in [-0.39, 0.29) is 11.3 Å². The van der Waals surface area contributed by atoms with Gasteiger partial charge in [-0.2, -0.15) is 0 Å². The molecule has 116 valence electrons. The summed E-state index contributed by atoms with van der Waals surface area (Å²) in [7, 11) is 0. The van der Waals surface area contributed by atoms with E-state index >= 15 is 0 Å². The van der Waals surface area contributed by atoms with Crippen LogP contribution in [0.5, 0.6) is 5.75 Å². The summed E-state index contributed by atoms with van der Waals surface area (Å²) in [6.45, 7) is 2.02. The molecule has 0 saturated carbocycles. The molecule has 0 aliphatic heterocycles. The van der Waals surface area contributed by atoms with Gasteiger partial charge in [0, 0.05) is 15.4 Å². The number of hydrogen-bond donors (Lipinski definition) is 2. The zero-order valence-electron chi connectivity index (χ0n) is 12.2. The molecule has 4 nitrogen and oxygen atoms in total. The standard InChI is InChI=1S/C17H13BrN2O2S/c1-10-3-2-4-11(7-10)14-9-23-17(19-14)20-16(22)13-8-12(18)5-6-15(13)21/h2-9,21H,1H3,(H,19,20,22). The lowest BCUT2D eigenvalue weighted by Gasteiger charge is -2.04. The van der Waals surface area contributed by atoms with Crippen LogP contribution in [-0.2, 0) is 0 Å². The Morgan fingerprint density at radius 2 is 2.09 bits per heavy atom. The Hall–Kier alpha value is -2.18. The van der Waals surface area contributed by atoms with Gasteiger partial charge in [0.2, 0.25) is 0 Å². The Balaban J connectivity index is 1.81. The second-order valence-electron chi connectivity index (χ2n) is 5.02. The number of nitrogens with one attached hydrogen (secondary N) is 1. The van der Waals surface area contributed by atoms with Gasteiger partial charge in [0.05, 0.1) is 11.3 Å². The number of carbonyl (C=O) groups is 1. The van der Waals surface area contributed by atoms with Crippen molar-refractivity contribution in [3.8, 4) is 17.0 Å². The van der Waals surface area contributed by atoms with Gasteiger partial charge >= 0.3 is 0 Å². The van der Waals surface area contributed by atoms with Crippen molar-refractivity contribution in [2.75, 3.05) is 5.32 Å². The fourth-order valence-corrected chi connectivity index (χ4v) is 3.20. The first-order chi connectivity index (χ1) is 11.0. The molecular formula is C17H13BrN2O2S. The van der Waals surface area contributed by atoms with Crippen LogP contribution in [0.25, 0.3) is 11.3 Å². The highest BCUT2D eigenvalue weighted by Gasteiger charge is 2.14. The molecule has 0 bridgehead atoms. The van der Waals surface area contributed by atoms with E-state index in [1.165, 1.54) is 17.4 Å². The lowest BCUT2D eigenvalue weighted by atomic mass is 10.1. The van der Waals surface area contributed by atoms with Gasteiger partial charge in [0.1, 0.15) is 5.75 Å². The predicted molar refractivity (Wildman–Crippen MR) is 96.0 cm³/mol. The van der Waals surface area contributed by atoms with Gasteiger partial charge in [0.25, 0.3) is 5.91 Å². The minimum absolute atomic E-state index is 0.0684. The number of rotatable bonds is 3. The molecule has 2 N–H and O–H groups in total. The molecule has 2 aromatic carbocycles. The first-order valence-corrected chi connectivity index (χ1v) is 8.52. The monoisotopic (exact) mass is 388 g/mol. The van der Waals surface area contributed by atoms with Crippen molar-refractivity contribution in [2.45, 2.75) is 6.92 Å². The predicted octanol–water partition coefficient (Wildman–Crippen LogP) is 4.84. The number of aromatic nitrogens is 1. The maximum absolute atomic E-state index is 12.3. The summed E-state index contributed by atoms with van der Waals surface area (Å²) >= 11 is 4.63. The van der Waals surface area contributed by atoms with Crippen LogP contribution < -0.4 is 5.32 Å². The maximum Gasteiger partial charge on any atom is 0.261 e. The van der Waals surface area contributed by atoms with E-state index in [1.807, 2.05) is 36.6 Å². The fraction of sp³-hybridized carbons (Fsp3) is 0.0588. The van der Waals surface area contributed by atoms with Crippen LogP contribution in [0.3, 0.4) is 0 Å². The molecule has 1 aromatic heterocycles. The van der Waals surface area contributed by atoms with Crippen LogP contribution in [0, 0.1) is 6.92 Å². The smallest absolute Gasteiger partial charge is 0.261 e. The highest BCUT2D eigenvalue weighted by molar-refractivity contribution is 9.10. The first kappa shape index (κ1) is 15.7. The van der Waals surface area contributed by atoms with Crippen molar-refractivity contribution in [1.29, 1.82) is 0 Å². The molecular weight excluding hydrogens is 376 g/mol. The van der Waals surface area contributed by atoms with Gasteiger partial charge in [-0.15, -0.1) is 11.3 Å². The van der Waals surface area contributed by atoms with Crippen LogP contribution in [0.15, 0.2) is 52.3 Å². The van der Waals surface area contributed by atoms with Crippen molar-refractivity contribution in [3.05, 3.63) is 63.4 Å². The first-order valence-electron chi connectivity index (χ1n) is 6.85. The number of benzene rings is 2. The van der Waals surface area contributed by atoms with E-state index in [4.69, 9.17) is 0 Å². The molecule has 0 fully saturated rings. The summed E-state index contributed by atoms with van der Waals surface area (Å²) < 4.78 is 0.722. The third kappa shape index (κ3) is 3.60. The number of halogens is 1. The number of carbonyl (C=O) groups excluding carboxylic acids is 1. The van der Waals surface area contributed by atoms with Gasteiger partial charge in [-0.25, -0.2) is 4.98 Å². The van der Waals surface area contributed by atoms with Gasteiger partial charge in [-0.3, -0.25) is 10.1 Å². The zero-order chi connectivity index (χ0) is 16.4. The average Bonchev–Trinajstić information content (AvgIpc) is 2.98. The molecule has 1 heterocycles. The third-order valence-electron chi connectivity index (χ3n) is 3.24. The van der Waals surface area contributed by atoms with Crippen molar-refractivity contribution in [1.82, 2.24) is 4.98 Å². The molecule has 0 spiro atoms. The lowest BCUT2D eigenvalue weighted by molar-refractivity contribution is 0.102. The van der Waals surface area contributed by atoms with Gasteiger partial charge in [-0.05, 0) is 31.2 Å². The number of hydrogen-bond acceptors (Lipinski definition) is 4. The topological polar surface area (TPSA) is 62.2 Å². The molecule has 23 heavy (non-hydrogen) atoms. The van der Waals surface area contributed by atoms with Crippen LogP contribution in [-0.4, -0.2) is 16.0 Å². The number of aromatic hydroxyl groups is 1. The largest absolute Gasteiger partial charge is 0.507 e. The van der Waals surface area contributed by atoms with Gasteiger partial charge in [0.15, 0.2) is 5.13 Å². The zero-order valence-corrected chi connectivity index (χ0v) is 14.6. The molecule has 0 atom stereocenters. The molecule has 6 heteroatoms. The Kier molecular flexibility index (Phi) is 4.45. The molecule has 0 aliphatic rings. The van der Waals surface area contributed by atoms with Crippen molar-refractivity contribution < 1.29 is 9.90 Å². The quantitative estimate of drug-likeness (QED) is 0.674. The van der Waals surface area contributed by atoms with E-state index in [2.05, 4.69) is 26.2 Å². The summed E-state index contributed by atoms with van der Waals surface area (Å²) in [6, 6.07) is 12.7. The Labute approximate surface area is 146 Å². The maximum atomic E-state index is 12.3. The summed E-state index contributed by atoms with van der Waals surface area (Å²) in [4.78, 5) is 16.7.